The van der Waals surface area contributed by atoms with Gasteiger partial charge in [0.05, 0.1) is 6.61 Å². The Morgan fingerprint density at radius 3 is 2.64 bits per heavy atom. The highest BCUT2D eigenvalue weighted by Crippen LogP contribution is 2.20. The molecule has 1 aromatic heterocycles. The van der Waals surface area contributed by atoms with Crippen molar-refractivity contribution in [3.63, 3.8) is 0 Å². The lowest BCUT2D eigenvalue weighted by Crippen LogP contribution is -2.03. The molecule has 0 amide bonds. The van der Waals surface area contributed by atoms with E-state index in [1.807, 2.05) is 6.20 Å². The number of esters is 1. The minimum atomic E-state index is -0.450. The number of aromatic nitrogens is 1. The quantitative estimate of drug-likeness (QED) is 0.403. The molecule has 0 radical (unpaired) electrons. The summed E-state index contributed by atoms with van der Waals surface area (Å²) in [6, 6.07) is 10.4. The fourth-order valence-corrected chi connectivity index (χ4v) is 2.58. The van der Waals surface area contributed by atoms with E-state index in [2.05, 4.69) is 4.98 Å². The lowest BCUT2D eigenvalue weighted by molar-refractivity contribution is -0.137. The highest BCUT2D eigenvalue weighted by molar-refractivity contribution is 5.87. The number of aromatic amines is 1. The van der Waals surface area contributed by atoms with E-state index in [-0.39, 0.29) is 18.2 Å². The van der Waals surface area contributed by atoms with E-state index in [0.29, 0.717) is 12.8 Å². The molecule has 0 aliphatic carbocycles. The van der Waals surface area contributed by atoms with Crippen molar-refractivity contribution in [2.24, 2.45) is 0 Å². The van der Waals surface area contributed by atoms with Gasteiger partial charge >= 0.3 is 5.97 Å². The first-order valence-corrected chi connectivity index (χ1v) is 7.98. The summed E-state index contributed by atoms with van der Waals surface area (Å²) in [7, 11) is 0. The number of carbonyl (C=O) groups is 1. The number of carbonyl (C=O) groups excluding carboxylic acids is 1. The van der Waals surface area contributed by atoms with Crippen LogP contribution in [0.5, 0.6) is 0 Å². The van der Waals surface area contributed by atoms with Crippen molar-refractivity contribution in [2.45, 2.75) is 12.8 Å². The van der Waals surface area contributed by atoms with Gasteiger partial charge in [-0.1, -0.05) is 12.1 Å². The summed E-state index contributed by atoms with van der Waals surface area (Å²) in [5, 5.41) is 0.850. The molecule has 3 nitrogen and oxygen atoms in total. The third-order valence-electron chi connectivity index (χ3n) is 3.85. The number of H-pyrrole nitrogens is 1. The Balaban J connectivity index is 1.46. The molecule has 1 N–H and O–H groups in total. The maximum atomic E-state index is 13.3. The molecule has 3 rings (SSSR count). The third kappa shape index (κ3) is 4.53. The number of benzene rings is 2. The van der Waals surface area contributed by atoms with Gasteiger partial charge in [0.2, 0.25) is 0 Å². The number of ether oxygens (including phenoxy) is 1. The molecular weight excluding hydrogens is 324 g/mol. The molecule has 0 fully saturated rings. The van der Waals surface area contributed by atoms with Crippen molar-refractivity contribution in [2.75, 3.05) is 6.61 Å². The zero-order chi connectivity index (χ0) is 17.6. The number of hydrogen-bond acceptors (Lipinski definition) is 2. The SMILES string of the molecule is O=C(/C=C/c1ccc(F)cc1)OCCCc1c[nH]c2ccc(F)cc12. The highest BCUT2D eigenvalue weighted by atomic mass is 19.1. The Morgan fingerprint density at radius 1 is 1.08 bits per heavy atom. The summed E-state index contributed by atoms with van der Waals surface area (Å²) >= 11 is 0. The van der Waals surface area contributed by atoms with Crippen LogP contribution in [-0.2, 0) is 16.0 Å². The predicted molar refractivity (Wildman–Crippen MR) is 93.0 cm³/mol. The second-order valence-corrected chi connectivity index (χ2v) is 5.66. The molecule has 0 aliphatic heterocycles. The normalized spacial score (nSPS) is 11.3. The molecule has 3 aromatic rings. The van der Waals surface area contributed by atoms with E-state index in [0.717, 1.165) is 22.0 Å². The van der Waals surface area contributed by atoms with E-state index in [9.17, 15) is 13.6 Å². The molecule has 1 heterocycles. The standard InChI is InChI=1S/C20H17F2NO2/c21-16-6-3-14(4-7-16)5-10-20(24)25-11-1-2-15-13-23-19-9-8-17(22)12-18(15)19/h3-10,12-13,23H,1-2,11H2/b10-5+. The first kappa shape index (κ1) is 16.9. The molecule has 0 saturated heterocycles. The average Bonchev–Trinajstić information content (AvgIpc) is 3.00. The second-order valence-electron chi connectivity index (χ2n) is 5.66. The fraction of sp³-hybridized carbons (Fsp3) is 0.150. The molecule has 0 spiro atoms. The Labute approximate surface area is 143 Å². The minimum Gasteiger partial charge on any atom is -0.463 e. The smallest absolute Gasteiger partial charge is 0.330 e. The first-order chi connectivity index (χ1) is 12.1. The topological polar surface area (TPSA) is 42.1 Å². The van der Waals surface area contributed by atoms with Crippen molar-refractivity contribution in [1.82, 2.24) is 4.98 Å². The number of halogens is 2. The van der Waals surface area contributed by atoms with Gasteiger partial charge in [-0.15, -0.1) is 0 Å². The summed E-state index contributed by atoms with van der Waals surface area (Å²) < 4.78 is 31.2. The zero-order valence-corrected chi connectivity index (χ0v) is 13.5. The van der Waals surface area contributed by atoms with Crippen molar-refractivity contribution in [3.8, 4) is 0 Å². The number of aryl methyl sites for hydroxylation is 1. The van der Waals surface area contributed by atoms with Crippen LogP contribution in [-0.4, -0.2) is 17.6 Å². The fourth-order valence-electron chi connectivity index (χ4n) is 2.58. The predicted octanol–water partition coefficient (Wildman–Crippen LogP) is 4.64. The van der Waals surface area contributed by atoms with Crippen molar-refractivity contribution in [3.05, 3.63) is 77.5 Å². The van der Waals surface area contributed by atoms with Gasteiger partial charge in [0, 0.05) is 23.2 Å². The van der Waals surface area contributed by atoms with Gasteiger partial charge in [0.25, 0.3) is 0 Å². The van der Waals surface area contributed by atoms with Gasteiger partial charge in [0.15, 0.2) is 0 Å². The van der Waals surface area contributed by atoms with Crippen LogP contribution < -0.4 is 0 Å². The Hall–Kier alpha value is -2.95. The summed E-state index contributed by atoms with van der Waals surface area (Å²) in [5.74, 6) is -1.04. The maximum Gasteiger partial charge on any atom is 0.330 e. The summed E-state index contributed by atoms with van der Waals surface area (Å²) in [6.45, 7) is 0.272. The average molecular weight is 341 g/mol. The largest absolute Gasteiger partial charge is 0.463 e. The van der Waals surface area contributed by atoms with E-state index in [4.69, 9.17) is 4.74 Å². The molecule has 2 aromatic carbocycles. The molecule has 0 unspecified atom stereocenters. The van der Waals surface area contributed by atoms with Crippen LogP contribution in [0.25, 0.3) is 17.0 Å². The highest BCUT2D eigenvalue weighted by Gasteiger charge is 2.05. The molecular formula is C20H17F2NO2. The van der Waals surface area contributed by atoms with E-state index in [1.54, 1.807) is 24.3 Å². The Bertz CT molecular complexity index is 898. The molecule has 128 valence electrons. The van der Waals surface area contributed by atoms with Crippen molar-refractivity contribution >= 4 is 22.9 Å². The van der Waals surface area contributed by atoms with Gasteiger partial charge in [-0.05, 0) is 60.4 Å². The summed E-state index contributed by atoms with van der Waals surface area (Å²) in [5.41, 5.74) is 2.60. The first-order valence-electron chi connectivity index (χ1n) is 7.98. The van der Waals surface area contributed by atoms with Crippen LogP contribution >= 0.6 is 0 Å². The van der Waals surface area contributed by atoms with Crippen LogP contribution in [0.1, 0.15) is 17.5 Å². The lowest BCUT2D eigenvalue weighted by atomic mass is 10.1. The van der Waals surface area contributed by atoms with Crippen LogP contribution in [0.15, 0.2) is 54.7 Å². The Kier molecular flexibility index (Phi) is 5.23. The summed E-state index contributed by atoms with van der Waals surface area (Å²) in [4.78, 5) is 14.8. The van der Waals surface area contributed by atoms with E-state index in [1.165, 1.54) is 30.3 Å². The van der Waals surface area contributed by atoms with Crippen molar-refractivity contribution in [1.29, 1.82) is 0 Å². The van der Waals surface area contributed by atoms with Gasteiger partial charge < -0.3 is 9.72 Å². The molecule has 0 atom stereocenters. The van der Waals surface area contributed by atoms with E-state index < -0.39 is 5.97 Å². The van der Waals surface area contributed by atoms with Crippen LogP contribution in [0.2, 0.25) is 0 Å². The molecule has 5 heteroatoms. The third-order valence-corrected chi connectivity index (χ3v) is 3.85. The monoisotopic (exact) mass is 341 g/mol. The van der Waals surface area contributed by atoms with Crippen molar-refractivity contribution < 1.29 is 18.3 Å². The van der Waals surface area contributed by atoms with Crippen LogP contribution in [0.4, 0.5) is 8.78 Å². The minimum absolute atomic E-state index is 0.272. The van der Waals surface area contributed by atoms with Gasteiger partial charge in [-0.2, -0.15) is 0 Å². The lowest BCUT2D eigenvalue weighted by Gasteiger charge is -2.02. The molecule has 0 aliphatic rings. The molecule has 25 heavy (non-hydrogen) atoms. The summed E-state index contributed by atoms with van der Waals surface area (Å²) in [6.07, 6.45) is 6.05. The number of hydrogen-bond donors (Lipinski definition) is 1. The van der Waals surface area contributed by atoms with Crippen LogP contribution in [0, 0.1) is 11.6 Å². The van der Waals surface area contributed by atoms with Gasteiger partial charge in [-0.25, -0.2) is 13.6 Å². The number of fused-ring (bicyclic) bond motifs is 1. The molecule has 0 saturated carbocycles. The second kappa shape index (κ2) is 7.75. The molecule has 0 bridgehead atoms. The van der Waals surface area contributed by atoms with Gasteiger partial charge in [-0.3, -0.25) is 0 Å². The van der Waals surface area contributed by atoms with Gasteiger partial charge in [0.1, 0.15) is 11.6 Å². The Morgan fingerprint density at radius 2 is 1.84 bits per heavy atom. The van der Waals surface area contributed by atoms with E-state index >= 15 is 0 Å². The van der Waals surface area contributed by atoms with Crippen LogP contribution in [0.3, 0.4) is 0 Å². The number of nitrogens with one attached hydrogen (secondary N) is 1. The zero-order valence-electron chi connectivity index (χ0n) is 13.5. The maximum absolute atomic E-state index is 13.3. The number of rotatable bonds is 6.